The van der Waals surface area contributed by atoms with Crippen LogP contribution in [0.1, 0.15) is 26.3 Å². The van der Waals surface area contributed by atoms with Gasteiger partial charge < -0.3 is 30.7 Å². The van der Waals surface area contributed by atoms with E-state index in [4.69, 9.17) is 17.3 Å². The molecule has 0 saturated carbocycles. The fourth-order valence-electron chi connectivity index (χ4n) is 4.67. The number of piperazine rings is 1. The number of nitrogens with two attached hydrogens (primary N) is 1. The number of anilines is 2. The molecule has 13 heteroatoms. The number of benzene rings is 2. The van der Waals surface area contributed by atoms with Crippen molar-refractivity contribution in [1.82, 2.24) is 24.8 Å². The Hall–Kier alpha value is -4.39. The molecule has 1 aliphatic rings. The third kappa shape index (κ3) is 6.56. The first-order valence-electron chi connectivity index (χ1n) is 13.4. The number of pyridine rings is 1. The van der Waals surface area contributed by atoms with Gasteiger partial charge in [-0.25, -0.2) is 9.37 Å². The van der Waals surface area contributed by atoms with Crippen molar-refractivity contribution in [2.24, 2.45) is 5.73 Å². The lowest BCUT2D eigenvalue weighted by molar-refractivity contribution is 0.0761. The van der Waals surface area contributed by atoms with Gasteiger partial charge in [0, 0.05) is 49.9 Å². The Morgan fingerprint density at radius 1 is 1.14 bits per heavy atom. The maximum atomic E-state index is 13.5. The topological polar surface area (TPSA) is 141 Å². The van der Waals surface area contributed by atoms with Crippen molar-refractivity contribution < 1.29 is 14.0 Å². The Balaban J connectivity index is 1.31. The van der Waals surface area contributed by atoms with Crippen LogP contribution in [0.15, 0.2) is 59.5 Å². The Morgan fingerprint density at radius 2 is 1.93 bits per heavy atom. The van der Waals surface area contributed by atoms with Gasteiger partial charge in [-0.1, -0.05) is 23.7 Å². The number of hydrogen-bond donors (Lipinski definition) is 3. The van der Waals surface area contributed by atoms with Gasteiger partial charge >= 0.3 is 0 Å². The normalized spacial score (nSPS) is 13.8. The fraction of sp³-hybridized carbons (Fsp3) is 0.276. The number of carbonyl (C=O) groups excluding carboxylic acids is 2. The predicted octanol–water partition coefficient (Wildman–Crippen LogP) is 2.72. The van der Waals surface area contributed by atoms with E-state index >= 15 is 0 Å². The van der Waals surface area contributed by atoms with E-state index in [0.717, 1.165) is 31.7 Å². The smallest absolute Gasteiger partial charge is 0.262 e. The van der Waals surface area contributed by atoms with Gasteiger partial charge in [0.25, 0.3) is 17.4 Å². The van der Waals surface area contributed by atoms with Crippen molar-refractivity contribution in [1.29, 1.82) is 0 Å². The molecule has 2 amide bonds. The summed E-state index contributed by atoms with van der Waals surface area (Å²) >= 11 is 6.32. The lowest BCUT2D eigenvalue weighted by atomic mass is 10.1. The quantitative estimate of drug-likeness (QED) is 0.265. The number of H-pyrrole nitrogens is 1. The van der Waals surface area contributed by atoms with Crippen LogP contribution >= 0.6 is 11.6 Å². The number of likely N-dealkylation sites (N-methyl/N-ethyl adjacent to an activating group) is 1. The van der Waals surface area contributed by atoms with E-state index in [1.54, 1.807) is 18.3 Å². The van der Waals surface area contributed by atoms with Crippen LogP contribution in [-0.4, -0.2) is 83.0 Å². The summed E-state index contributed by atoms with van der Waals surface area (Å²) in [5, 5.41) is 3.29. The minimum atomic E-state index is -0.713. The highest BCUT2D eigenvalue weighted by atomic mass is 35.5. The standard InChI is InChI=1S/C29H30ClFN8O3/c1-37-9-11-38(12-10-37)29-33-16-20-14-22(27(41)35-25(20)36-29)26(40)34-24-15-19(5-6-23(24)30)28(42)39(17-32)8-7-18-3-2-4-21(31)13-18/h2-6,13-16H,7-12,17,32H2,1H3,(H,34,40)(H,33,35,36,41). The lowest BCUT2D eigenvalue weighted by Crippen LogP contribution is -2.45. The third-order valence-corrected chi connectivity index (χ3v) is 7.47. The third-order valence-electron chi connectivity index (χ3n) is 7.14. The number of fused-ring (bicyclic) bond motifs is 1. The zero-order valence-corrected chi connectivity index (χ0v) is 23.7. The molecule has 0 bridgehead atoms. The highest BCUT2D eigenvalue weighted by Crippen LogP contribution is 2.25. The average molecular weight is 593 g/mol. The van der Waals surface area contributed by atoms with Gasteiger partial charge in [-0.05, 0) is 55.4 Å². The SMILES string of the molecule is CN1CCN(c2ncc3cc(C(=O)Nc4cc(C(=O)N(CN)CCc5cccc(F)c5)ccc4Cl)c(=O)[nH]c3n2)CC1. The van der Waals surface area contributed by atoms with Crippen molar-refractivity contribution in [3.63, 3.8) is 0 Å². The Labute approximate surface area is 246 Å². The van der Waals surface area contributed by atoms with E-state index in [9.17, 15) is 18.8 Å². The molecule has 5 rings (SSSR count). The molecule has 0 spiro atoms. The van der Waals surface area contributed by atoms with E-state index < -0.39 is 17.4 Å². The molecule has 3 heterocycles. The number of aromatic nitrogens is 3. The van der Waals surface area contributed by atoms with Gasteiger partial charge in [0.15, 0.2) is 0 Å². The first-order chi connectivity index (χ1) is 20.2. The van der Waals surface area contributed by atoms with E-state index in [0.29, 0.717) is 23.4 Å². The summed E-state index contributed by atoms with van der Waals surface area (Å²) in [5.74, 6) is -0.948. The first kappa shape index (κ1) is 29.1. The Morgan fingerprint density at radius 3 is 2.67 bits per heavy atom. The van der Waals surface area contributed by atoms with Crippen molar-refractivity contribution in [3.8, 4) is 0 Å². The molecule has 1 aliphatic heterocycles. The lowest BCUT2D eigenvalue weighted by Gasteiger charge is -2.32. The van der Waals surface area contributed by atoms with Crippen LogP contribution in [-0.2, 0) is 6.42 Å². The van der Waals surface area contributed by atoms with Gasteiger partial charge in [-0.15, -0.1) is 0 Å². The summed E-state index contributed by atoms with van der Waals surface area (Å²) in [5.41, 5.74) is 6.48. The van der Waals surface area contributed by atoms with E-state index in [1.165, 1.54) is 41.3 Å². The number of carbonyl (C=O) groups is 2. The average Bonchev–Trinajstić information content (AvgIpc) is 2.98. The van der Waals surface area contributed by atoms with Crippen molar-refractivity contribution in [2.45, 2.75) is 6.42 Å². The maximum Gasteiger partial charge on any atom is 0.262 e. The molecule has 218 valence electrons. The van der Waals surface area contributed by atoms with Crippen molar-refractivity contribution in [2.75, 3.05) is 56.7 Å². The van der Waals surface area contributed by atoms with Gasteiger partial charge in [-0.2, -0.15) is 4.98 Å². The minimum Gasteiger partial charge on any atom is -0.338 e. The summed E-state index contributed by atoms with van der Waals surface area (Å²) in [4.78, 5) is 56.5. The van der Waals surface area contributed by atoms with Crippen molar-refractivity contribution >= 4 is 46.1 Å². The van der Waals surface area contributed by atoms with Crippen LogP contribution < -0.4 is 21.5 Å². The number of rotatable bonds is 8. The zero-order chi connectivity index (χ0) is 29.8. The highest BCUT2D eigenvalue weighted by Gasteiger charge is 2.20. The van der Waals surface area contributed by atoms with Crippen molar-refractivity contribution in [3.05, 3.63) is 92.6 Å². The van der Waals surface area contributed by atoms with Gasteiger partial charge in [0.1, 0.15) is 17.0 Å². The maximum absolute atomic E-state index is 13.5. The summed E-state index contributed by atoms with van der Waals surface area (Å²) < 4.78 is 13.5. The number of nitrogens with one attached hydrogen (secondary N) is 2. The monoisotopic (exact) mass is 592 g/mol. The molecule has 42 heavy (non-hydrogen) atoms. The van der Waals surface area contributed by atoms with Gasteiger partial charge in [-0.3, -0.25) is 14.4 Å². The summed E-state index contributed by atoms with van der Waals surface area (Å²) in [6, 6.07) is 12.0. The molecule has 11 nitrogen and oxygen atoms in total. The number of nitrogens with zero attached hydrogens (tertiary/aromatic N) is 5. The Bertz CT molecular complexity index is 1690. The molecule has 1 fully saturated rings. The van der Waals surface area contributed by atoms with Crippen LogP contribution in [0.4, 0.5) is 16.0 Å². The molecule has 2 aromatic carbocycles. The molecule has 0 radical (unpaired) electrons. The second-order valence-corrected chi connectivity index (χ2v) is 10.5. The summed E-state index contributed by atoms with van der Waals surface area (Å²) in [6.07, 6.45) is 1.98. The highest BCUT2D eigenvalue weighted by molar-refractivity contribution is 6.34. The largest absolute Gasteiger partial charge is 0.338 e. The van der Waals surface area contributed by atoms with Crippen LogP contribution in [0.25, 0.3) is 11.0 Å². The zero-order valence-electron chi connectivity index (χ0n) is 22.9. The van der Waals surface area contributed by atoms with E-state index in [-0.39, 0.29) is 40.9 Å². The molecular formula is C29H30ClFN8O3. The van der Waals surface area contributed by atoms with Crippen LogP contribution in [0.2, 0.25) is 5.02 Å². The van der Waals surface area contributed by atoms with E-state index in [2.05, 4.69) is 32.2 Å². The number of amides is 2. The number of hydrogen-bond acceptors (Lipinski definition) is 8. The minimum absolute atomic E-state index is 0.0659. The molecule has 2 aromatic heterocycles. The van der Waals surface area contributed by atoms with Gasteiger partial charge in [0.05, 0.1) is 17.4 Å². The Kier molecular flexibility index (Phi) is 8.76. The molecule has 1 saturated heterocycles. The van der Waals surface area contributed by atoms with E-state index in [1.807, 2.05) is 4.90 Å². The molecular weight excluding hydrogens is 563 g/mol. The molecule has 0 aliphatic carbocycles. The first-order valence-corrected chi connectivity index (χ1v) is 13.8. The van der Waals surface area contributed by atoms with Crippen LogP contribution in [0.5, 0.6) is 0 Å². The number of halogens is 2. The summed E-state index contributed by atoms with van der Waals surface area (Å²) in [6.45, 7) is 3.49. The molecule has 4 aromatic rings. The van der Waals surface area contributed by atoms with Gasteiger partial charge in [0.2, 0.25) is 5.95 Å². The molecule has 0 atom stereocenters. The fourth-order valence-corrected chi connectivity index (χ4v) is 4.83. The molecule has 4 N–H and O–H groups in total. The van der Waals surface area contributed by atoms with Crippen LogP contribution in [0.3, 0.4) is 0 Å². The number of aromatic amines is 1. The van der Waals surface area contributed by atoms with Crippen LogP contribution in [0, 0.1) is 5.82 Å². The summed E-state index contributed by atoms with van der Waals surface area (Å²) in [7, 11) is 2.05. The molecule has 0 unspecified atom stereocenters. The second-order valence-electron chi connectivity index (χ2n) is 10.1. The predicted molar refractivity (Wildman–Crippen MR) is 159 cm³/mol. The second kappa shape index (κ2) is 12.6.